The number of aliphatic imine (C=N–C) groups is 1. The summed E-state index contributed by atoms with van der Waals surface area (Å²) in [4.78, 5) is 4.68. The Bertz CT molecular complexity index is 584. The molecule has 0 amide bonds. The van der Waals surface area contributed by atoms with Gasteiger partial charge in [-0.05, 0) is 43.9 Å². The minimum absolute atomic E-state index is 0.533. The van der Waals surface area contributed by atoms with Gasteiger partial charge in [0.05, 0.1) is 18.8 Å². The molecule has 2 aliphatic rings. The van der Waals surface area contributed by atoms with Gasteiger partial charge in [-0.15, -0.1) is 0 Å². The minimum atomic E-state index is -0.619. The molecular formula is C19H29N3O2S. The number of aliphatic hydroxyl groups is 1. The highest BCUT2D eigenvalue weighted by Crippen LogP contribution is 2.30. The zero-order valence-corrected chi connectivity index (χ0v) is 15.8. The predicted molar refractivity (Wildman–Crippen MR) is 104 cm³/mol. The second-order valence-electron chi connectivity index (χ2n) is 6.94. The molecule has 1 saturated carbocycles. The zero-order valence-electron chi connectivity index (χ0n) is 15.0. The number of ether oxygens (including phenoxy) is 1. The second-order valence-corrected chi connectivity index (χ2v) is 8.04. The number of para-hydroxylation sites is 1. The van der Waals surface area contributed by atoms with Crippen molar-refractivity contribution in [2.75, 3.05) is 31.2 Å². The van der Waals surface area contributed by atoms with Crippen LogP contribution < -0.4 is 15.4 Å². The molecule has 1 aromatic carbocycles. The van der Waals surface area contributed by atoms with Crippen LogP contribution in [0.3, 0.4) is 0 Å². The third kappa shape index (κ3) is 5.82. The van der Waals surface area contributed by atoms with Crippen LogP contribution in [0.15, 0.2) is 29.3 Å². The van der Waals surface area contributed by atoms with Crippen molar-refractivity contribution in [3.63, 3.8) is 0 Å². The number of rotatable bonds is 8. The fourth-order valence-electron chi connectivity index (χ4n) is 2.76. The Morgan fingerprint density at radius 1 is 1.36 bits per heavy atom. The quantitative estimate of drug-likeness (QED) is 0.489. The molecule has 3 rings (SSSR count). The SMILES string of the molecule is CCNC(=NCc1ccccc1OCC1CC1)NCC1(O)CCSC1. The van der Waals surface area contributed by atoms with Gasteiger partial charge in [-0.25, -0.2) is 4.99 Å². The largest absolute Gasteiger partial charge is 0.493 e. The van der Waals surface area contributed by atoms with Crippen molar-refractivity contribution in [3.05, 3.63) is 29.8 Å². The zero-order chi connectivity index (χ0) is 17.5. The third-order valence-corrected chi connectivity index (χ3v) is 5.80. The van der Waals surface area contributed by atoms with E-state index in [1.54, 1.807) is 11.8 Å². The molecule has 1 heterocycles. The average molecular weight is 364 g/mol. The van der Waals surface area contributed by atoms with E-state index in [-0.39, 0.29) is 0 Å². The monoisotopic (exact) mass is 363 g/mol. The Kier molecular flexibility index (Phi) is 6.48. The van der Waals surface area contributed by atoms with Crippen molar-refractivity contribution in [3.8, 4) is 5.75 Å². The molecule has 0 spiro atoms. The van der Waals surface area contributed by atoms with Gasteiger partial charge in [0.15, 0.2) is 5.96 Å². The molecule has 1 aliphatic heterocycles. The van der Waals surface area contributed by atoms with E-state index in [0.29, 0.717) is 13.1 Å². The van der Waals surface area contributed by atoms with Crippen LogP contribution >= 0.6 is 11.8 Å². The van der Waals surface area contributed by atoms with E-state index in [4.69, 9.17) is 4.74 Å². The molecule has 6 heteroatoms. The van der Waals surface area contributed by atoms with Gasteiger partial charge in [0.2, 0.25) is 0 Å². The van der Waals surface area contributed by atoms with Crippen LogP contribution in [0.2, 0.25) is 0 Å². The standard InChI is InChI=1S/C19H29N3O2S/c1-2-20-18(22-13-19(23)9-10-25-14-19)21-11-16-5-3-4-6-17(16)24-12-15-7-8-15/h3-6,15,23H,2,7-14H2,1H3,(H2,20,21,22). The lowest BCUT2D eigenvalue weighted by Gasteiger charge is -2.23. The molecule has 25 heavy (non-hydrogen) atoms. The van der Waals surface area contributed by atoms with E-state index in [9.17, 15) is 5.11 Å². The molecule has 1 aromatic rings. The topological polar surface area (TPSA) is 65.9 Å². The fraction of sp³-hybridized carbons (Fsp3) is 0.632. The molecule has 3 N–H and O–H groups in total. The van der Waals surface area contributed by atoms with Crippen molar-refractivity contribution in [1.29, 1.82) is 0 Å². The molecule has 1 unspecified atom stereocenters. The molecule has 1 atom stereocenters. The smallest absolute Gasteiger partial charge is 0.191 e. The summed E-state index contributed by atoms with van der Waals surface area (Å²) in [6, 6.07) is 8.11. The Balaban J connectivity index is 1.58. The van der Waals surface area contributed by atoms with E-state index >= 15 is 0 Å². The van der Waals surface area contributed by atoms with Crippen LogP contribution in [0, 0.1) is 5.92 Å². The molecule has 2 fully saturated rings. The summed E-state index contributed by atoms with van der Waals surface area (Å²) in [6.45, 7) is 4.74. The van der Waals surface area contributed by atoms with Crippen LogP contribution in [0.25, 0.3) is 0 Å². The highest BCUT2D eigenvalue weighted by Gasteiger charge is 2.31. The number of hydrogen-bond donors (Lipinski definition) is 3. The van der Waals surface area contributed by atoms with Crippen molar-refractivity contribution < 1.29 is 9.84 Å². The maximum atomic E-state index is 10.5. The minimum Gasteiger partial charge on any atom is -0.493 e. The van der Waals surface area contributed by atoms with E-state index in [0.717, 1.165) is 54.3 Å². The number of benzene rings is 1. The molecule has 0 radical (unpaired) electrons. The molecule has 1 aliphatic carbocycles. The first-order valence-corrected chi connectivity index (χ1v) is 10.4. The van der Waals surface area contributed by atoms with Crippen LogP contribution in [0.4, 0.5) is 0 Å². The summed E-state index contributed by atoms with van der Waals surface area (Å²) in [6.07, 6.45) is 3.41. The van der Waals surface area contributed by atoms with Gasteiger partial charge >= 0.3 is 0 Å². The summed E-state index contributed by atoms with van der Waals surface area (Å²) in [5, 5.41) is 17.0. The van der Waals surface area contributed by atoms with Gasteiger partial charge in [-0.3, -0.25) is 0 Å². The van der Waals surface area contributed by atoms with Gasteiger partial charge in [-0.2, -0.15) is 11.8 Å². The van der Waals surface area contributed by atoms with Gasteiger partial charge < -0.3 is 20.5 Å². The highest BCUT2D eigenvalue weighted by atomic mass is 32.2. The molecule has 1 saturated heterocycles. The van der Waals surface area contributed by atoms with Gasteiger partial charge in [0, 0.05) is 24.4 Å². The first kappa shape index (κ1) is 18.4. The number of nitrogens with one attached hydrogen (secondary N) is 2. The first-order chi connectivity index (χ1) is 12.2. The lowest BCUT2D eigenvalue weighted by Crippen LogP contribution is -2.47. The lowest BCUT2D eigenvalue weighted by molar-refractivity contribution is 0.0724. The molecule has 138 valence electrons. The fourth-order valence-corrected chi connectivity index (χ4v) is 4.05. The van der Waals surface area contributed by atoms with Gasteiger partial charge in [0.25, 0.3) is 0 Å². The van der Waals surface area contributed by atoms with Gasteiger partial charge in [0.1, 0.15) is 5.75 Å². The van der Waals surface area contributed by atoms with E-state index in [2.05, 4.69) is 21.7 Å². The highest BCUT2D eigenvalue weighted by molar-refractivity contribution is 7.99. The Morgan fingerprint density at radius 3 is 2.92 bits per heavy atom. The number of guanidine groups is 1. The molecule has 0 aromatic heterocycles. The van der Waals surface area contributed by atoms with E-state index in [1.165, 1.54) is 12.8 Å². The summed E-state index contributed by atoms with van der Waals surface area (Å²) < 4.78 is 5.96. The molecular weight excluding hydrogens is 334 g/mol. The van der Waals surface area contributed by atoms with Crippen molar-refractivity contribution in [2.24, 2.45) is 10.9 Å². The Labute approximate surface area is 154 Å². The Hall–Kier alpha value is -1.40. The van der Waals surface area contributed by atoms with Gasteiger partial charge in [-0.1, -0.05) is 18.2 Å². The maximum absolute atomic E-state index is 10.5. The van der Waals surface area contributed by atoms with Crippen LogP contribution in [-0.2, 0) is 6.54 Å². The van der Waals surface area contributed by atoms with E-state index in [1.807, 2.05) is 25.1 Å². The number of hydrogen-bond acceptors (Lipinski definition) is 4. The summed E-state index contributed by atoms with van der Waals surface area (Å²) >= 11 is 1.80. The number of nitrogens with zero attached hydrogens (tertiary/aromatic N) is 1. The van der Waals surface area contributed by atoms with Crippen LogP contribution in [0.5, 0.6) is 5.75 Å². The van der Waals surface area contributed by atoms with Crippen molar-refractivity contribution >= 4 is 17.7 Å². The Morgan fingerprint density at radius 2 is 2.20 bits per heavy atom. The van der Waals surface area contributed by atoms with Crippen molar-refractivity contribution in [1.82, 2.24) is 10.6 Å². The summed E-state index contributed by atoms with van der Waals surface area (Å²) in [5.41, 5.74) is 0.474. The first-order valence-electron chi connectivity index (χ1n) is 9.21. The summed E-state index contributed by atoms with van der Waals surface area (Å²) in [5.74, 6) is 4.22. The molecule has 5 nitrogen and oxygen atoms in total. The molecule has 0 bridgehead atoms. The average Bonchev–Trinajstić information content (AvgIpc) is 3.36. The lowest BCUT2D eigenvalue weighted by atomic mass is 10.0. The normalized spacial score (nSPS) is 23.5. The number of thioether (sulfide) groups is 1. The summed E-state index contributed by atoms with van der Waals surface area (Å²) in [7, 11) is 0. The van der Waals surface area contributed by atoms with E-state index < -0.39 is 5.60 Å². The predicted octanol–water partition coefficient (Wildman–Crippen LogP) is 2.40. The third-order valence-electron chi connectivity index (χ3n) is 4.56. The van der Waals surface area contributed by atoms with Crippen molar-refractivity contribution in [2.45, 2.75) is 38.3 Å². The second kappa shape index (κ2) is 8.81. The van der Waals surface area contributed by atoms with Crippen LogP contribution in [-0.4, -0.2) is 47.9 Å². The van der Waals surface area contributed by atoms with Crippen LogP contribution in [0.1, 0.15) is 31.7 Å². The maximum Gasteiger partial charge on any atom is 0.191 e.